The zero-order valence-electron chi connectivity index (χ0n) is 11.1. The van der Waals surface area contributed by atoms with Crippen LogP contribution in [-0.4, -0.2) is 38.3 Å². The number of nitrogens with zero attached hydrogens (tertiary/aromatic N) is 2. The average Bonchev–Trinajstić information content (AvgIpc) is 2.38. The zero-order valence-corrected chi connectivity index (χ0v) is 11.1. The molecule has 0 fully saturated rings. The highest BCUT2D eigenvalue weighted by molar-refractivity contribution is 5.52. The minimum absolute atomic E-state index is 0.747. The highest BCUT2D eigenvalue weighted by Crippen LogP contribution is 2.18. The first-order chi connectivity index (χ1) is 8.33. The van der Waals surface area contributed by atoms with E-state index in [0.29, 0.717) is 0 Å². The second-order valence-electron chi connectivity index (χ2n) is 3.86. The predicted octanol–water partition coefficient (Wildman–Crippen LogP) is 1.66. The summed E-state index contributed by atoms with van der Waals surface area (Å²) in [5, 5.41) is 3.34. The van der Waals surface area contributed by atoms with Crippen molar-refractivity contribution in [2.45, 2.75) is 20.4 Å². The smallest absolute Gasteiger partial charge is 0.0637 e. The molecule has 0 aliphatic rings. The number of likely N-dealkylation sites (N-methyl/N-ethyl adjacent to an activating group) is 1. The molecule has 1 N–H and O–H groups in total. The molecule has 1 rings (SSSR count). The van der Waals surface area contributed by atoms with Gasteiger partial charge in [0.15, 0.2) is 0 Å². The van der Waals surface area contributed by atoms with Crippen LogP contribution in [0.5, 0.6) is 0 Å². The molecule has 17 heavy (non-hydrogen) atoms. The standard InChI is InChI=1S/C13H23N3O/c1-4-14-10-12-11-15-7-6-13(12)16(5-2)8-9-17-3/h6-7,11,14H,4-5,8-10H2,1-3H3. The van der Waals surface area contributed by atoms with Crippen molar-refractivity contribution < 1.29 is 4.74 Å². The quantitative estimate of drug-likeness (QED) is 0.746. The van der Waals surface area contributed by atoms with Crippen LogP contribution in [0.1, 0.15) is 19.4 Å². The van der Waals surface area contributed by atoms with Crippen molar-refractivity contribution in [2.24, 2.45) is 0 Å². The highest BCUT2D eigenvalue weighted by Gasteiger charge is 2.08. The number of rotatable bonds is 8. The van der Waals surface area contributed by atoms with Crippen LogP contribution >= 0.6 is 0 Å². The fourth-order valence-electron chi connectivity index (χ4n) is 1.77. The van der Waals surface area contributed by atoms with Crippen molar-refractivity contribution in [3.05, 3.63) is 24.0 Å². The number of pyridine rings is 1. The Kier molecular flexibility index (Phi) is 6.58. The Balaban J connectivity index is 2.77. The molecule has 0 atom stereocenters. The summed E-state index contributed by atoms with van der Waals surface area (Å²) < 4.78 is 5.14. The van der Waals surface area contributed by atoms with E-state index in [9.17, 15) is 0 Å². The van der Waals surface area contributed by atoms with Gasteiger partial charge in [-0.05, 0) is 19.5 Å². The van der Waals surface area contributed by atoms with Crippen LogP contribution in [0.15, 0.2) is 18.5 Å². The highest BCUT2D eigenvalue weighted by atomic mass is 16.5. The van der Waals surface area contributed by atoms with Crippen molar-refractivity contribution in [1.29, 1.82) is 0 Å². The summed E-state index contributed by atoms with van der Waals surface area (Å²) in [5.41, 5.74) is 2.49. The Bertz CT molecular complexity index is 317. The molecule has 0 unspecified atom stereocenters. The number of anilines is 1. The minimum atomic E-state index is 0.747. The van der Waals surface area contributed by atoms with E-state index < -0.39 is 0 Å². The molecule has 1 heterocycles. The van der Waals surface area contributed by atoms with Gasteiger partial charge in [0, 0.05) is 50.4 Å². The molecule has 1 aromatic heterocycles. The second-order valence-corrected chi connectivity index (χ2v) is 3.86. The van der Waals surface area contributed by atoms with Crippen LogP contribution in [0.3, 0.4) is 0 Å². The number of nitrogens with one attached hydrogen (secondary N) is 1. The minimum Gasteiger partial charge on any atom is -0.383 e. The molecule has 0 aromatic carbocycles. The summed E-state index contributed by atoms with van der Waals surface area (Å²) in [5.74, 6) is 0. The molecule has 4 heteroatoms. The number of hydrogen-bond acceptors (Lipinski definition) is 4. The van der Waals surface area contributed by atoms with E-state index in [-0.39, 0.29) is 0 Å². The lowest BCUT2D eigenvalue weighted by Crippen LogP contribution is -2.28. The predicted molar refractivity (Wildman–Crippen MR) is 71.4 cm³/mol. The topological polar surface area (TPSA) is 37.4 Å². The molecule has 0 bridgehead atoms. The van der Waals surface area contributed by atoms with Crippen LogP contribution in [0.2, 0.25) is 0 Å². The Morgan fingerprint density at radius 2 is 2.24 bits per heavy atom. The number of methoxy groups -OCH3 is 1. The Labute approximate surface area is 104 Å². The summed E-state index contributed by atoms with van der Waals surface area (Å²) in [6, 6.07) is 2.08. The zero-order chi connectivity index (χ0) is 12.5. The van der Waals surface area contributed by atoms with E-state index in [1.54, 1.807) is 7.11 Å². The van der Waals surface area contributed by atoms with Gasteiger partial charge in [-0.2, -0.15) is 0 Å². The summed E-state index contributed by atoms with van der Waals surface area (Å²) in [6.07, 6.45) is 3.79. The Morgan fingerprint density at radius 1 is 1.41 bits per heavy atom. The maximum absolute atomic E-state index is 5.14. The molecule has 0 amide bonds. The van der Waals surface area contributed by atoms with Gasteiger partial charge < -0.3 is 15.0 Å². The Morgan fingerprint density at radius 3 is 2.88 bits per heavy atom. The van der Waals surface area contributed by atoms with Crippen LogP contribution in [0.4, 0.5) is 5.69 Å². The molecular formula is C13H23N3O. The van der Waals surface area contributed by atoms with E-state index in [1.165, 1.54) is 11.3 Å². The molecule has 4 nitrogen and oxygen atoms in total. The van der Waals surface area contributed by atoms with Crippen LogP contribution in [0, 0.1) is 0 Å². The number of aromatic nitrogens is 1. The number of ether oxygens (including phenoxy) is 1. The monoisotopic (exact) mass is 237 g/mol. The fourth-order valence-corrected chi connectivity index (χ4v) is 1.77. The van der Waals surface area contributed by atoms with Gasteiger partial charge in [0.1, 0.15) is 0 Å². The van der Waals surface area contributed by atoms with E-state index in [0.717, 1.165) is 32.8 Å². The number of hydrogen-bond donors (Lipinski definition) is 1. The third-order valence-corrected chi connectivity index (χ3v) is 2.73. The maximum Gasteiger partial charge on any atom is 0.0637 e. The van der Waals surface area contributed by atoms with Gasteiger partial charge in [0.05, 0.1) is 6.61 Å². The molecule has 0 saturated carbocycles. The van der Waals surface area contributed by atoms with Crippen molar-refractivity contribution >= 4 is 5.69 Å². The van der Waals surface area contributed by atoms with Gasteiger partial charge in [-0.15, -0.1) is 0 Å². The molecular weight excluding hydrogens is 214 g/mol. The van der Waals surface area contributed by atoms with E-state index in [1.807, 2.05) is 12.4 Å². The molecule has 0 saturated heterocycles. The van der Waals surface area contributed by atoms with E-state index >= 15 is 0 Å². The first-order valence-corrected chi connectivity index (χ1v) is 6.20. The molecule has 0 radical (unpaired) electrons. The fraction of sp³-hybridized carbons (Fsp3) is 0.615. The summed E-state index contributed by atoms with van der Waals surface area (Å²) in [4.78, 5) is 6.51. The molecule has 0 aliphatic carbocycles. The van der Waals surface area contributed by atoms with Crippen LogP contribution < -0.4 is 10.2 Å². The van der Waals surface area contributed by atoms with Gasteiger partial charge >= 0.3 is 0 Å². The van der Waals surface area contributed by atoms with Gasteiger partial charge in [0.2, 0.25) is 0 Å². The lowest BCUT2D eigenvalue weighted by atomic mass is 10.2. The molecule has 0 aliphatic heterocycles. The molecule has 96 valence electrons. The first kappa shape index (κ1) is 13.9. The third-order valence-electron chi connectivity index (χ3n) is 2.73. The largest absolute Gasteiger partial charge is 0.383 e. The van der Waals surface area contributed by atoms with Gasteiger partial charge in [-0.25, -0.2) is 0 Å². The van der Waals surface area contributed by atoms with Gasteiger partial charge in [-0.3, -0.25) is 4.98 Å². The van der Waals surface area contributed by atoms with Crippen LogP contribution in [-0.2, 0) is 11.3 Å². The van der Waals surface area contributed by atoms with Gasteiger partial charge in [-0.1, -0.05) is 6.92 Å². The maximum atomic E-state index is 5.14. The average molecular weight is 237 g/mol. The summed E-state index contributed by atoms with van der Waals surface area (Å²) in [6.45, 7) is 8.74. The normalized spacial score (nSPS) is 10.5. The first-order valence-electron chi connectivity index (χ1n) is 6.20. The van der Waals surface area contributed by atoms with Crippen molar-refractivity contribution in [1.82, 2.24) is 10.3 Å². The lowest BCUT2D eigenvalue weighted by Gasteiger charge is -2.25. The van der Waals surface area contributed by atoms with Crippen molar-refractivity contribution in [2.75, 3.05) is 38.3 Å². The molecule has 1 aromatic rings. The van der Waals surface area contributed by atoms with E-state index in [4.69, 9.17) is 4.74 Å². The second kappa shape index (κ2) is 8.03. The van der Waals surface area contributed by atoms with Crippen LogP contribution in [0.25, 0.3) is 0 Å². The van der Waals surface area contributed by atoms with Crippen molar-refractivity contribution in [3.8, 4) is 0 Å². The van der Waals surface area contributed by atoms with Crippen molar-refractivity contribution in [3.63, 3.8) is 0 Å². The SMILES string of the molecule is CCNCc1cnccc1N(CC)CCOC. The summed E-state index contributed by atoms with van der Waals surface area (Å²) >= 11 is 0. The third kappa shape index (κ3) is 4.32. The molecule has 0 spiro atoms. The summed E-state index contributed by atoms with van der Waals surface area (Å²) in [7, 11) is 1.74. The van der Waals surface area contributed by atoms with E-state index in [2.05, 4.69) is 35.1 Å². The van der Waals surface area contributed by atoms with Gasteiger partial charge in [0.25, 0.3) is 0 Å². The Hall–Kier alpha value is -1.13. The lowest BCUT2D eigenvalue weighted by molar-refractivity contribution is 0.205.